The zero-order chi connectivity index (χ0) is 33.2. The van der Waals surface area contributed by atoms with Crippen LogP contribution in [0.1, 0.15) is 82.3 Å². The largest absolute Gasteiger partial charge is 0.520 e. The summed E-state index contributed by atoms with van der Waals surface area (Å²) in [6, 6.07) is 15.1. The van der Waals surface area contributed by atoms with Crippen molar-refractivity contribution < 1.29 is 28.9 Å². The number of hydrogen-bond donors (Lipinski definition) is 2. The van der Waals surface area contributed by atoms with E-state index in [2.05, 4.69) is 35.6 Å². The minimum atomic E-state index is -1.49. The van der Waals surface area contributed by atoms with Gasteiger partial charge in [-0.15, -0.1) is 23.2 Å². The van der Waals surface area contributed by atoms with E-state index >= 15 is 0 Å². The van der Waals surface area contributed by atoms with Crippen molar-refractivity contribution in [3.63, 3.8) is 0 Å². The van der Waals surface area contributed by atoms with Gasteiger partial charge in [0.2, 0.25) is 8.32 Å². The topological polar surface area (TPSA) is 85.2 Å². The van der Waals surface area contributed by atoms with Gasteiger partial charge in [0.1, 0.15) is 0 Å². The van der Waals surface area contributed by atoms with Gasteiger partial charge in [-0.05, 0) is 102 Å². The van der Waals surface area contributed by atoms with E-state index in [0.717, 1.165) is 46.0 Å². The molecule has 0 bridgehead atoms. The van der Waals surface area contributed by atoms with Crippen LogP contribution >= 0.6 is 39.1 Å². The Balaban J connectivity index is 0.000000646. The van der Waals surface area contributed by atoms with Gasteiger partial charge >= 0.3 is 5.97 Å². The van der Waals surface area contributed by atoms with Crippen LogP contribution in [-0.2, 0) is 24.1 Å². The zero-order valence-electron chi connectivity index (χ0n) is 27.2. The van der Waals surface area contributed by atoms with Crippen molar-refractivity contribution in [1.82, 2.24) is 0 Å². The van der Waals surface area contributed by atoms with Crippen molar-refractivity contribution in [2.45, 2.75) is 90.6 Å². The lowest BCUT2D eigenvalue weighted by atomic mass is 9.84. The van der Waals surface area contributed by atoms with Crippen molar-refractivity contribution in [3.8, 4) is 0 Å². The van der Waals surface area contributed by atoms with Gasteiger partial charge in [0.25, 0.3) is 5.95 Å². The summed E-state index contributed by atoms with van der Waals surface area (Å²) in [5.74, 6) is 1.56. The lowest BCUT2D eigenvalue weighted by molar-refractivity contribution is -0.146. The molecular weight excluding hydrogens is 671 g/mol. The molecule has 0 saturated heterocycles. The maximum atomic E-state index is 11.7. The molecule has 0 aliphatic heterocycles. The molecule has 2 unspecified atom stereocenters. The zero-order valence-corrected chi connectivity index (χ0v) is 31.3. The smallest absolute Gasteiger partial charge is 0.315 e. The SMILES string of the molecule is COC(=O)C(C)(C)c1ccc(C(O)CCCCl)cc1.COC(O[Si](C)(C)C)=C(C)C.OC(CCCCl)c1ccc(Br)cc1. The monoisotopic (exact) mass is 720 g/mol. The summed E-state index contributed by atoms with van der Waals surface area (Å²) < 4.78 is 16.6. The quantitative estimate of drug-likeness (QED) is 0.0928. The van der Waals surface area contributed by atoms with Crippen molar-refractivity contribution in [3.05, 3.63) is 81.2 Å². The lowest BCUT2D eigenvalue weighted by Gasteiger charge is -2.22. The highest BCUT2D eigenvalue weighted by molar-refractivity contribution is 9.10. The lowest BCUT2D eigenvalue weighted by Crippen LogP contribution is -2.30. The van der Waals surface area contributed by atoms with E-state index in [1.54, 1.807) is 7.11 Å². The van der Waals surface area contributed by atoms with Crippen LogP contribution in [-0.4, -0.2) is 50.5 Å². The van der Waals surface area contributed by atoms with Crippen LogP contribution in [0.5, 0.6) is 0 Å². The van der Waals surface area contributed by atoms with E-state index in [1.165, 1.54) is 7.11 Å². The number of hydrogen-bond acceptors (Lipinski definition) is 6. The predicted octanol–water partition coefficient (Wildman–Crippen LogP) is 9.43. The molecule has 2 rings (SSSR count). The van der Waals surface area contributed by atoms with E-state index in [-0.39, 0.29) is 12.1 Å². The van der Waals surface area contributed by atoms with Gasteiger partial charge in [-0.1, -0.05) is 52.3 Å². The molecular formula is C33H51BrCl2O6Si. The normalized spacial score (nSPS) is 12.4. The summed E-state index contributed by atoms with van der Waals surface area (Å²) in [6.07, 6.45) is 2.10. The number of rotatable bonds is 13. The van der Waals surface area contributed by atoms with Crippen LogP contribution in [0.15, 0.2) is 64.5 Å². The number of aliphatic hydroxyl groups excluding tert-OH is 2. The average molecular weight is 723 g/mol. The molecule has 0 fully saturated rings. The highest BCUT2D eigenvalue weighted by Crippen LogP contribution is 2.27. The Morgan fingerprint density at radius 1 is 0.837 bits per heavy atom. The summed E-state index contributed by atoms with van der Waals surface area (Å²) in [5.41, 5.74) is 3.07. The number of carbonyl (C=O) groups is 1. The molecule has 2 aromatic carbocycles. The molecule has 0 aliphatic rings. The van der Waals surface area contributed by atoms with Crippen molar-refractivity contribution in [2.24, 2.45) is 0 Å². The summed E-state index contributed by atoms with van der Waals surface area (Å²) in [5, 5.41) is 19.6. The number of methoxy groups -OCH3 is 2. The fourth-order valence-corrected chi connectivity index (χ4v) is 5.10. The van der Waals surface area contributed by atoms with E-state index in [4.69, 9.17) is 37.1 Å². The van der Waals surface area contributed by atoms with Gasteiger partial charge in [-0.3, -0.25) is 4.79 Å². The van der Waals surface area contributed by atoms with Gasteiger partial charge in [-0.25, -0.2) is 0 Å². The van der Waals surface area contributed by atoms with Gasteiger partial charge in [0, 0.05) is 21.8 Å². The van der Waals surface area contributed by atoms with Crippen molar-refractivity contribution in [2.75, 3.05) is 26.0 Å². The molecule has 244 valence electrons. The molecule has 0 spiro atoms. The third kappa shape index (κ3) is 16.9. The molecule has 0 saturated carbocycles. The second-order valence-electron chi connectivity index (χ2n) is 11.7. The number of allylic oxidation sites excluding steroid dienone is 1. The maximum Gasteiger partial charge on any atom is 0.315 e. The second kappa shape index (κ2) is 21.2. The number of benzene rings is 2. The third-order valence-electron chi connectivity index (χ3n) is 6.18. The molecule has 43 heavy (non-hydrogen) atoms. The fourth-order valence-electron chi connectivity index (χ4n) is 3.68. The van der Waals surface area contributed by atoms with Crippen LogP contribution < -0.4 is 0 Å². The van der Waals surface area contributed by atoms with Crippen LogP contribution in [0, 0.1) is 0 Å². The maximum absolute atomic E-state index is 11.7. The molecule has 0 aromatic heterocycles. The van der Waals surface area contributed by atoms with Crippen LogP contribution in [0.4, 0.5) is 0 Å². The molecule has 0 amide bonds. The highest BCUT2D eigenvalue weighted by atomic mass is 79.9. The molecule has 2 N–H and O–H groups in total. The van der Waals surface area contributed by atoms with Crippen LogP contribution in [0.3, 0.4) is 0 Å². The second-order valence-corrected chi connectivity index (χ2v) is 17.8. The van der Waals surface area contributed by atoms with Gasteiger partial charge in [0.15, 0.2) is 0 Å². The number of aliphatic hydroxyl groups is 2. The molecule has 6 nitrogen and oxygen atoms in total. The first-order valence-electron chi connectivity index (χ1n) is 14.4. The van der Waals surface area contributed by atoms with Crippen LogP contribution in [0.25, 0.3) is 0 Å². The summed E-state index contributed by atoms with van der Waals surface area (Å²) in [6.45, 7) is 14.0. The molecule has 10 heteroatoms. The van der Waals surface area contributed by atoms with Crippen molar-refractivity contribution in [1.29, 1.82) is 0 Å². The number of carbonyl (C=O) groups excluding carboxylic acids is 1. The number of alkyl halides is 2. The van der Waals surface area contributed by atoms with Crippen LogP contribution in [0.2, 0.25) is 19.6 Å². The van der Waals surface area contributed by atoms with Gasteiger partial charge < -0.3 is 24.1 Å². The molecule has 2 atom stereocenters. The molecule has 0 aliphatic carbocycles. The minimum Gasteiger partial charge on any atom is -0.520 e. The molecule has 0 radical (unpaired) electrons. The Kier molecular flexibility index (Phi) is 20.5. The van der Waals surface area contributed by atoms with Gasteiger partial charge in [0.05, 0.1) is 31.8 Å². The Bertz CT molecular complexity index is 1080. The Morgan fingerprint density at radius 2 is 1.26 bits per heavy atom. The summed E-state index contributed by atoms with van der Waals surface area (Å²) in [7, 11) is 1.54. The van der Waals surface area contributed by atoms with Crippen molar-refractivity contribution >= 4 is 53.4 Å². The molecule has 2 aromatic rings. The highest BCUT2D eigenvalue weighted by Gasteiger charge is 2.30. The van der Waals surface area contributed by atoms with E-state index in [1.807, 2.05) is 76.2 Å². The Morgan fingerprint density at radius 3 is 1.56 bits per heavy atom. The third-order valence-corrected chi connectivity index (χ3v) is 8.04. The first-order valence-corrected chi connectivity index (χ1v) is 19.6. The summed E-state index contributed by atoms with van der Waals surface area (Å²) >= 11 is 14.5. The number of esters is 1. The average Bonchev–Trinajstić information content (AvgIpc) is 2.97. The standard InChI is InChI=1S/C15H21ClO3.C10H12BrClO.C8H18O2Si/c1-15(2,14(18)19-3)12-8-6-11(7-9-12)13(17)5-4-10-16;11-9-5-3-8(4-6-9)10(13)2-1-7-12;1-7(2)8(9-3)10-11(4,5)6/h6-9,13,17H,4-5,10H2,1-3H3;3-6,10,13H,1-2,7H2;1-6H3. The Labute approximate surface area is 279 Å². The number of ether oxygens (including phenoxy) is 2. The predicted molar refractivity (Wildman–Crippen MR) is 185 cm³/mol. The Hall–Kier alpha value is -1.55. The first kappa shape index (κ1) is 41.4. The number of halogens is 3. The van der Waals surface area contributed by atoms with Gasteiger partial charge in [-0.2, -0.15) is 0 Å². The summed E-state index contributed by atoms with van der Waals surface area (Å²) in [4.78, 5) is 11.7. The van der Waals surface area contributed by atoms with E-state index < -0.39 is 19.8 Å². The fraction of sp³-hybridized carbons (Fsp3) is 0.545. The minimum absolute atomic E-state index is 0.275. The molecule has 0 heterocycles. The van der Waals surface area contributed by atoms with E-state index in [0.29, 0.717) is 24.1 Å². The first-order chi connectivity index (χ1) is 20.0. The van der Waals surface area contributed by atoms with E-state index in [9.17, 15) is 15.0 Å².